The number of pyridine rings is 1. The van der Waals surface area contributed by atoms with E-state index in [9.17, 15) is 18.0 Å². The van der Waals surface area contributed by atoms with Crippen LogP contribution >= 0.6 is 11.6 Å². The molecule has 2 aromatic rings. The van der Waals surface area contributed by atoms with Crippen LogP contribution in [0.1, 0.15) is 60.8 Å². The summed E-state index contributed by atoms with van der Waals surface area (Å²) in [6, 6.07) is 4.18. The number of nitrogens with zero attached hydrogens (tertiary/aromatic N) is 1. The predicted octanol–water partition coefficient (Wildman–Crippen LogP) is 3.94. The van der Waals surface area contributed by atoms with Gasteiger partial charge >= 0.3 is 5.97 Å². The zero-order valence-corrected chi connectivity index (χ0v) is 20.5. The molecule has 33 heavy (non-hydrogen) atoms. The quantitative estimate of drug-likeness (QED) is 0.423. The van der Waals surface area contributed by atoms with E-state index in [1.165, 1.54) is 29.9 Å². The Hall–Kier alpha value is -2.36. The molecule has 0 spiro atoms. The van der Waals surface area contributed by atoms with Crippen molar-refractivity contribution in [1.29, 1.82) is 0 Å². The van der Waals surface area contributed by atoms with Gasteiger partial charge in [0.25, 0.3) is 5.56 Å². The van der Waals surface area contributed by atoms with Gasteiger partial charge in [0.1, 0.15) is 17.9 Å². The second-order valence-electron chi connectivity index (χ2n) is 8.53. The smallest absolute Gasteiger partial charge is 0.344 e. The number of rotatable bonds is 7. The topological polar surface area (TPSA) is 101 Å². The molecule has 1 saturated carbocycles. The zero-order valence-electron chi connectivity index (χ0n) is 18.9. The number of ether oxygens (including phenoxy) is 3. The van der Waals surface area contributed by atoms with Crippen molar-refractivity contribution in [2.75, 3.05) is 20.3 Å². The van der Waals surface area contributed by atoms with E-state index in [1.54, 1.807) is 20.8 Å². The lowest BCUT2D eigenvalue weighted by atomic mass is 9.99. The van der Waals surface area contributed by atoms with Gasteiger partial charge in [-0.2, -0.15) is 0 Å². The highest BCUT2D eigenvalue weighted by Crippen LogP contribution is 2.49. The normalized spacial score (nSPS) is 18.5. The van der Waals surface area contributed by atoms with Gasteiger partial charge in [-0.3, -0.25) is 4.79 Å². The lowest BCUT2D eigenvalue weighted by Gasteiger charge is -2.29. The highest BCUT2D eigenvalue weighted by atomic mass is 35.5. The molecule has 0 radical (unpaired) electrons. The average molecular weight is 496 g/mol. The van der Waals surface area contributed by atoms with Crippen LogP contribution in [0.4, 0.5) is 0 Å². The third-order valence-electron chi connectivity index (χ3n) is 5.78. The summed E-state index contributed by atoms with van der Waals surface area (Å²) in [5.41, 5.74) is 0.543. The number of sulfone groups is 1. The first-order valence-electron chi connectivity index (χ1n) is 10.8. The number of fused-ring (bicyclic) bond motifs is 3. The Morgan fingerprint density at radius 2 is 1.91 bits per heavy atom. The first-order chi connectivity index (χ1) is 15.6. The number of carbonyl (C=O) groups is 1. The van der Waals surface area contributed by atoms with Gasteiger partial charge in [-0.25, -0.2) is 13.2 Å². The molecular formula is C23H26ClNO7S. The van der Waals surface area contributed by atoms with Crippen LogP contribution in [0, 0.1) is 0 Å². The summed E-state index contributed by atoms with van der Waals surface area (Å²) in [4.78, 5) is 26.1. The monoisotopic (exact) mass is 495 g/mol. The summed E-state index contributed by atoms with van der Waals surface area (Å²) in [6.45, 7) is 5.45. The van der Waals surface area contributed by atoms with Crippen molar-refractivity contribution in [2.24, 2.45) is 0 Å². The molecule has 0 bridgehead atoms. The van der Waals surface area contributed by atoms with Crippen LogP contribution < -0.4 is 10.3 Å². The van der Waals surface area contributed by atoms with Gasteiger partial charge < -0.3 is 18.8 Å². The van der Waals surface area contributed by atoms with Crippen molar-refractivity contribution < 1.29 is 27.4 Å². The lowest BCUT2D eigenvalue weighted by molar-refractivity contribution is 0.0375. The Bertz CT molecular complexity index is 1280. The number of benzene rings is 1. The summed E-state index contributed by atoms with van der Waals surface area (Å²) in [6.07, 6.45) is 1.11. The van der Waals surface area contributed by atoms with Crippen LogP contribution in [0.15, 0.2) is 27.9 Å². The molecule has 2 heterocycles. The molecule has 1 aromatic carbocycles. The van der Waals surface area contributed by atoms with E-state index < -0.39 is 32.7 Å². The molecule has 178 valence electrons. The summed E-state index contributed by atoms with van der Waals surface area (Å²) >= 11 is 6.44. The van der Waals surface area contributed by atoms with Crippen molar-refractivity contribution in [2.45, 2.75) is 55.9 Å². The van der Waals surface area contributed by atoms with Crippen LogP contribution in [-0.2, 0) is 19.3 Å². The maximum absolute atomic E-state index is 13.5. The minimum Gasteiger partial charge on any atom is -0.490 e. The Balaban J connectivity index is 1.97. The fraction of sp³-hybridized carbons (Fsp3) is 0.478. The maximum Gasteiger partial charge on any atom is 0.344 e. The minimum absolute atomic E-state index is 0.0469. The fourth-order valence-electron chi connectivity index (χ4n) is 4.01. The molecule has 4 rings (SSSR count). The van der Waals surface area contributed by atoms with Crippen molar-refractivity contribution in [1.82, 2.24) is 4.57 Å². The van der Waals surface area contributed by atoms with Crippen molar-refractivity contribution in [3.63, 3.8) is 0 Å². The van der Waals surface area contributed by atoms with E-state index in [2.05, 4.69) is 0 Å². The van der Waals surface area contributed by atoms with E-state index >= 15 is 0 Å². The molecule has 2 aliphatic rings. The van der Waals surface area contributed by atoms with Gasteiger partial charge in [0.15, 0.2) is 9.84 Å². The first-order valence-corrected chi connectivity index (χ1v) is 12.7. The Labute approximate surface area is 197 Å². The van der Waals surface area contributed by atoms with Crippen molar-refractivity contribution in [3.8, 4) is 17.0 Å². The molecule has 1 unspecified atom stereocenters. The van der Waals surface area contributed by atoms with Crippen LogP contribution in [0.25, 0.3) is 11.3 Å². The second kappa shape index (κ2) is 8.77. The first kappa shape index (κ1) is 23.8. The summed E-state index contributed by atoms with van der Waals surface area (Å²) in [7, 11) is -2.31. The van der Waals surface area contributed by atoms with Gasteiger partial charge in [0.05, 0.1) is 33.6 Å². The number of hydrogen-bond acceptors (Lipinski definition) is 7. The number of esters is 1. The molecule has 1 aromatic heterocycles. The summed E-state index contributed by atoms with van der Waals surface area (Å²) < 4.78 is 44.3. The van der Waals surface area contributed by atoms with Crippen molar-refractivity contribution in [3.05, 3.63) is 44.7 Å². The third-order valence-corrected chi connectivity index (χ3v) is 8.21. The van der Waals surface area contributed by atoms with Gasteiger partial charge in [0, 0.05) is 24.8 Å². The Kier molecular flexibility index (Phi) is 6.32. The van der Waals surface area contributed by atoms with E-state index in [4.69, 9.17) is 25.8 Å². The van der Waals surface area contributed by atoms with Crippen LogP contribution in [0.3, 0.4) is 0 Å². The fourth-order valence-corrected chi connectivity index (χ4v) is 5.86. The SMILES string of the molecule is COCCOc1cc2c(cc1Cl)-c1c(cc(C(=O)OC(C)C)c(=O)n1C1CC1)C(C)S2(=O)=O. The summed E-state index contributed by atoms with van der Waals surface area (Å²) in [5.74, 6) is -0.535. The molecule has 10 heteroatoms. The third kappa shape index (κ3) is 4.18. The second-order valence-corrected chi connectivity index (χ2v) is 11.2. The van der Waals surface area contributed by atoms with Gasteiger partial charge in [0.2, 0.25) is 0 Å². The standard InChI is InChI=1S/C23H26ClNO7S/c1-12(2)32-23(27)17-9-15-13(3)33(28,29)20-11-19(31-8-7-30-4)18(24)10-16(20)21(15)25(22(17)26)14-5-6-14/h9-14H,5-8H2,1-4H3. The van der Waals surface area contributed by atoms with Gasteiger partial charge in [-0.15, -0.1) is 0 Å². The maximum atomic E-state index is 13.5. The Morgan fingerprint density at radius 1 is 1.21 bits per heavy atom. The molecule has 0 amide bonds. The van der Waals surface area contributed by atoms with Gasteiger partial charge in [-0.05, 0) is 51.3 Å². The van der Waals surface area contributed by atoms with E-state index in [-0.39, 0.29) is 33.9 Å². The van der Waals surface area contributed by atoms with E-state index in [1.807, 2.05) is 0 Å². The average Bonchev–Trinajstić information content (AvgIpc) is 3.57. The molecule has 1 aliphatic carbocycles. The number of hydrogen-bond donors (Lipinski definition) is 0. The number of aromatic nitrogens is 1. The van der Waals surface area contributed by atoms with E-state index in [0.29, 0.717) is 23.4 Å². The van der Waals surface area contributed by atoms with Crippen LogP contribution in [0.5, 0.6) is 5.75 Å². The van der Waals surface area contributed by atoms with Crippen molar-refractivity contribution >= 4 is 27.4 Å². The number of methoxy groups -OCH3 is 1. The molecule has 1 fully saturated rings. The lowest BCUT2D eigenvalue weighted by Crippen LogP contribution is -2.33. The number of carbonyl (C=O) groups excluding carboxylic acids is 1. The highest BCUT2D eigenvalue weighted by molar-refractivity contribution is 7.92. The molecule has 8 nitrogen and oxygen atoms in total. The number of halogens is 1. The minimum atomic E-state index is -3.84. The molecule has 1 atom stereocenters. The Morgan fingerprint density at radius 3 is 2.52 bits per heavy atom. The highest BCUT2D eigenvalue weighted by Gasteiger charge is 2.41. The molecule has 1 aliphatic heterocycles. The van der Waals surface area contributed by atoms with Crippen LogP contribution in [-0.4, -0.2) is 45.4 Å². The zero-order chi connectivity index (χ0) is 24.1. The molecule has 0 saturated heterocycles. The predicted molar refractivity (Wildman–Crippen MR) is 123 cm³/mol. The molecule has 0 N–H and O–H groups in total. The van der Waals surface area contributed by atoms with Gasteiger partial charge in [-0.1, -0.05) is 11.6 Å². The molecular weight excluding hydrogens is 470 g/mol. The largest absolute Gasteiger partial charge is 0.490 e. The summed E-state index contributed by atoms with van der Waals surface area (Å²) in [5, 5.41) is -0.761. The van der Waals surface area contributed by atoms with Crippen LogP contribution in [0.2, 0.25) is 5.02 Å². The van der Waals surface area contributed by atoms with E-state index in [0.717, 1.165) is 12.8 Å².